The average molecular weight is 345 g/mol. The maximum atomic E-state index is 12.6. The van der Waals surface area contributed by atoms with Crippen LogP contribution in [0.2, 0.25) is 0 Å². The van der Waals surface area contributed by atoms with Gasteiger partial charge < -0.3 is 15.5 Å². The Hall–Kier alpha value is -2.37. The van der Waals surface area contributed by atoms with Crippen molar-refractivity contribution in [2.45, 2.75) is 45.2 Å². The van der Waals surface area contributed by atoms with Gasteiger partial charge in [-0.2, -0.15) is 0 Å². The molecule has 25 heavy (non-hydrogen) atoms. The molecule has 2 rings (SSSR count). The molecule has 1 saturated carbocycles. The van der Waals surface area contributed by atoms with Crippen LogP contribution in [0.5, 0.6) is 0 Å². The lowest BCUT2D eigenvalue weighted by molar-refractivity contribution is -0.139. The van der Waals surface area contributed by atoms with Gasteiger partial charge >= 0.3 is 0 Å². The van der Waals surface area contributed by atoms with Crippen molar-refractivity contribution in [1.82, 2.24) is 15.5 Å². The van der Waals surface area contributed by atoms with Gasteiger partial charge in [0.05, 0.1) is 13.0 Å². The second-order valence-corrected chi connectivity index (χ2v) is 6.99. The van der Waals surface area contributed by atoms with E-state index in [-0.39, 0.29) is 42.6 Å². The first-order chi connectivity index (χ1) is 11.9. The highest BCUT2D eigenvalue weighted by Crippen LogP contribution is 2.18. The van der Waals surface area contributed by atoms with E-state index in [1.54, 1.807) is 7.05 Å². The Morgan fingerprint density at radius 2 is 1.76 bits per heavy atom. The summed E-state index contributed by atoms with van der Waals surface area (Å²) in [7, 11) is 1.59. The maximum absolute atomic E-state index is 12.6. The lowest BCUT2D eigenvalue weighted by atomic mass is 10.0. The topological polar surface area (TPSA) is 78.5 Å². The fourth-order valence-corrected chi connectivity index (χ4v) is 2.55. The summed E-state index contributed by atoms with van der Waals surface area (Å²) in [5, 5.41) is 5.67. The van der Waals surface area contributed by atoms with Gasteiger partial charge in [-0.3, -0.25) is 14.4 Å². The molecule has 0 saturated heterocycles. The lowest BCUT2D eigenvalue weighted by Crippen LogP contribution is -2.52. The van der Waals surface area contributed by atoms with E-state index in [9.17, 15) is 14.4 Å². The standard InChI is InChI=1S/C19H27N3O3/c1-13(2)18(21-16(23)11-14-7-5-4-6-8-14)19(25)22(3)12-17(24)20-15-9-10-15/h4-8,13,15,18H,9-12H2,1-3H3,(H,20,24)(H,21,23). The Kier molecular flexibility index (Phi) is 6.56. The SMILES string of the molecule is CC(C)C(NC(=O)Cc1ccccc1)C(=O)N(C)CC(=O)NC1CC1. The van der Waals surface area contributed by atoms with Crippen molar-refractivity contribution in [2.24, 2.45) is 5.92 Å². The third-order valence-corrected chi connectivity index (χ3v) is 4.16. The van der Waals surface area contributed by atoms with E-state index >= 15 is 0 Å². The van der Waals surface area contributed by atoms with Crippen LogP contribution in [-0.4, -0.2) is 48.3 Å². The molecule has 1 aromatic carbocycles. The molecule has 1 fully saturated rings. The highest BCUT2D eigenvalue weighted by molar-refractivity contribution is 5.91. The number of nitrogens with zero attached hydrogens (tertiary/aromatic N) is 1. The number of hydrogen-bond donors (Lipinski definition) is 2. The van der Waals surface area contributed by atoms with Crippen LogP contribution in [0, 0.1) is 5.92 Å². The lowest BCUT2D eigenvalue weighted by Gasteiger charge is -2.26. The minimum absolute atomic E-state index is 0.00705. The summed E-state index contributed by atoms with van der Waals surface area (Å²) in [5.74, 6) is -0.672. The Morgan fingerprint density at radius 1 is 1.12 bits per heavy atom. The molecule has 0 radical (unpaired) electrons. The number of rotatable bonds is 8. The number of carbonyl (C=O) groups is 3. The second kappa shape index (κ2) is 8.65. The number of amides is 3. The van der Waals surface area contributed by atoms with Crippen LogP contribution in [-0.2, 0) is 20.8 Å². The second-order valence-electron chi connectivity index (χ2n) is 6.99. The Balaban J connectivity index is 1.90. The summed E-state index contributed by atoms with van der Waals surface area (Å²) in [6, 6.07) is 9.02. The molecule has 1 atom stereocenters. The fraction of sp³-hybridized carbons (Fsp3) is 0.526. The summed E-state index contributed by atoms with van der Waals surface area (Å²) in [6.45, 7) is 3.76. The van der Waals surface area contributed by atoms with Gasteiger partial charge in [0.1, 0.15) is 6.04 Å². The molecule has 0 aliphatic heterocycles. The summed E-state index contributed by atoms with van der Waals surface area (Å²) in [6.07, 6.45) is 2.24. The largest absolute Gasteiger partial charge is 0.352 e. The molecule has 1 unspecified atom stereocenters. The van der Waals surface area contributed by atoms with Crippen molar-refractivity contribution in [3.8, 4) is 0 Å². The molecule has 136 valence electrons. The smallest absolute Gasteiger partial charge is 0.245 e. The molecular formula is C19H27N3O3. The van der Waals surface area contributed by atoms with Gasteiger partial charge in [-0.15, -0.1) is 0 Å². The highest BCUT2D eigenvalue weighted by Gasteiger charge is 2.29. The fourth-order valence-electron chi connectivity index (χ4n) is 2.55. The van der Waals surface area contributed by atoms with Crippen LogP contribution in [0.4, 0.5) is 0 Å². The van der Waals surface area contributed by atoms with Gasteiger partial charge in [-0.25, -0.2) is 0 Å². The molecule has 0 spiro atoms. The minimum atomic E-state index is -0.644. The van der Waals surface area contributed by atoms with Crippen molar-refractivity contribution in [1.29, 1.82) is 0 Å². The zero-order valence-electron chi connectivity index (χ0n) is 15.1. The number of hydrogen-bond acceptors (Lipinski definition) is 3. The zero-order chi connectivity index (χ0) is 18.4. The molecule has 0 heterocycles. The number of benzene rings is 1. The quantitative estimate of drug-likeness (QED) is 0.741. The zero-order valence-corrected chi connectivity index (χ0v) is 15.1. The van der Waals surface area contributed by atoms with Gasteiger partial charge in [0.2, 0.25) is 17.7 Å². The minimum Gasteiger partial charge on any atom is -0.352 e. The monoisotopic (exact) mass is 345 g/mol. The van der Waals surface area contributed by atoms with Crippen LogP contribution in [0.3, 0.4) is 0 Å². The van der Waals surface area contributed by atoms with Crippen molar-refractivity contribution in [2.75, 3.05) is 13.6 Å². The van der Waals surface area contributed by atoms with Crippen LogP contribution in [0.25, 0.3) is 0 Å². The van der Waals surface area contributed by atoms with Crippen LogP contribution >= 0.6 is 0 Å². The number of carbonyl (C=O) groups excluding carboxylic acids is 3. The van der Waals surface area contributed by atoms with Crippen molar-refractivity contribution >= 4 is 17.7 Å². The average Bonchev–Trinajstić information content (AvgIpc) is 3.36. The first kappa shape index (κ1) is 19.0. The Morgan fingerprint density at radius 3 is 2.32 bits per heavy atom. The molecule has 1 aliphatic rings. The van der Waals surface area contributed by atoms with Crippen LogP contribution in [0.15, 0.2) is 30.3 Å². The van der Waals surface area contributed by atoms with E-state index < -0.39 is 6.04 Å². The van der Waals surface area contributed by atoms with Crippen molar-refractivity contribution in [3.63, 3.8) is 0 Å². The third kappa shape index (κ3) is 6.21. The van der Waals surface area contributed by atoms with Crippen molar-refractivity contribution in [3.05, 3.63) is 35.9 Å². The molecule has 0 aromatic heterocycles. The van der Waals surface area contributed by atoms with E-state index in [4.69, 9.17) is 0 Å². The number of nitrogens with one attached hydrogen (secondary N) is 2. The van der Waals surface area contributed by atoms with E-state index in [0.29, 0.717) is 0 Å². The first-order valence-corrected chi connectivity index (χ1v) is 8.74. The van der Waals surface area contributed by atoms with Gasteiger partial charge in [0.15, 0.2) is 0 Å². The van der Waals surface area contributed by atoms with E-state index in [0.717, 1.165) is 18.4 Å². The summed E-state index contributed by atoms with van der Waals surface area (Å²) < 4.78 is 0. The van der Waals surface area contributed by atoms with E-state index in [1.807, 2.05) is 44.2 Å². The van der Waals surface area contributed by atoms with Gasteiger partial charge in [0, 0.05) is 13.1 Å². The predicted molar refractivity (Wildman–Crippen MR) is 95.7 cm³/mol. The summed E-state index contributed by atoms with van der Waals surface area (Å²) >= 11 is 0. The number of likely N-dealkylation sites (N-methyl/N-ethyl adjacent to an activating group) is 1. The van der Waals surface area contributed by atoms with Crippen LogP contribution < -0.4 is 10.6 Å². The first-order valence-electron chi connectivity index (χ1n) is 8.74. The maximum Gasteiger partial charge on any atom is 0.245 e. The van der Waals surface area contributed by atoms with Gasteiger partial charge in [0.25, 0.3) is 0 Å². The molecule has 6 nitrogen and oxygen atoms in total. The molecule has 1 aromatic rings. The molecule has 6 heteroatoms. The summed E-state index contributed by atoms with van der Waals surface area (Å²) in [4.78, 5) is 38.2. The molecule has 1 aliphatic carbocycles. The highest BCUT2D eigenvalue weighted by atomic mass is 16.2. The van der Waals surface area contributed by atoms with E-state index in [2.05, 4.69) is 10.6 Å². The Labute approximate surface area is 149 Å². The molecular weight excluding hydrogens is 318 g/mol. The van der Waals surface area contributed by atoms with Crippen LogP contribution in [0.1, 0.15) is 32.3 Å². The van der Waals surface area contributed by atoms with Gasteiger partial charge in [-0.1, -0.05) is 44.2 Å². The van der Waals surface area contributed by atoms with E-state index in [1.165, 1.54) is 4.90 Å². The van der Waals surface area contributed by atoms with Gasteiger partial charge in [-0.05, 0) is 24.3 Å². The molecule has 0 bridgehead atoms. The molecule has 2 N–H and O–H groups in total. The summed E-state index contributed by atoms with van der Waals surface area (Å²) in [5.41, 5.74) is 0.895. The van der Waals surface area contributed by atoms with Crippen molar-refractivity contribution < 1.29 is 14.4 Å². The predicted octanol–water partition coefficient (Wildman–Crippen LogP) is 1.11. The third-order valence-electron chi connectivity index (χ3n) is 4.16. The molecule has 3 amide bonds. The normalized spacial score (nSPS) is 14.7. The Bertz CT molecular complexity index is 612.